The lowest BCUT2D eigenvalue weighted by molar-refractivity contribution is 0.459. The Balaban J connectivity index is 2.78. The molecule has 5 heteroatoms. The van der Waals surface area contributed by atoms with Crippen LogP contribution in [0.5, 0.6) is 0 Å². The number of rotatable bonds is 8. The summed E-state index contributed by atoms with van der Waals surface area (Å²) < 4.78 is 27.5. The van der Waals surface area contributed by atoms with Gasteiger partial charge >= 0.3 is 0 Å². The molecule has 1 atom stereocenters. The van der Waals surface area contributed by atoms with Gasteiger partial charge in [-0.1, -0.05) is 47.0 Å². The molecule has 1 N–H and O–H groups in total. The Kier molecular flexibility index (Phi) is 7.20. The number of hydrogen-bond donors (Lipinski definition) is 1. The van der Waals surface area contributed by atoms with Gasteiger partial charge in [0.2, 0.25) is 10.0 Å². The van der Waals surface area contributed by atoms with Gasteiger partial charge in [0.25, 0.3) is 0 Å². The predicted octanol–water partition coefficient (Wildman–Crippen LogP) is 3.78. The molecule has 0 amide bonds. The first-order chi connectivity index (χ1) is 9.40. The number of sulfonamides is 1. The van der Waals surface area contributed by atoms with Crippen LogP contribution in [0.2, 0.25) is 0 Å². The van der Waals surface area contributed by atoms with E-state index in [1.54, 1.807) is 6.07 Å². The Labute approximate surface area is 131 Å². The van der Waals surface area contributed by atoms with Crippen LogP contribution in [-0.4, -0.2) is 20.3 Å². The van der Waals surface area contributed by atoms with Crippen LogP contribution in [0.25, 0.3) is 0 Å². The number of nitrogens with one attached hydrogen (secondary N) is 1. The van der Waals surface area contributed by atoms with Gasteiger partial charge in [0, 0.05) is 11.9 Å². The molecule has 1 unspecified atom stereocenters. The summed E-state index contributed by atoms with van der Waals surface area (Å²) in [5.41, 5.74) is 1.87. The van der Waals surface area contributed by atoms with Crippen molar-refractivity contribution in [2.45, 2.75) is 44.9 Å². The third kappa shape index (κ3) is 5.19. The van der Waals surface area contributed by atoms with Gasteiger partial charge in [-0.15, -0.1) is 0 Å². The minimum Gasteiger partial charge on any atom is -0.211 e. The first-order valence-electron chi connectivity index (χ1n) is 7.03. The van der Waals surface area contributed by atoms with Crippen LogP contribution in [0, 0.1) is 19.8 Å². The minimum atomic E-state index is -3.40. The lowest BCUT2D eigenvalue weighted by atomic mass is 10.0. The van der Waals surface area contributed by atoms with Gasteiger partial charge in [0.15, 0.2) is 0 Å². The number of alkyl halides is 1. The lowest BCUT2D eigenvalue weighted by Crippen LogP contribution is -2.30. The average Bonchev–Trinajstić information content (AvgIpc) is 2.36. The Bertz CT molecular complexity index is 523. The molecule has 0 spiro atoms. The molecule has 0 fully saturated rings. The van der Waals surface area contributed by atoms with Crippen LogP contribution in [0.1, 0.15) is 37.3 Å². The van der Waals surface area contributed by atoms with Crippen molar-refractivity contribution in [3.8, 4) is 0 Å². The molecule has 0 saturated carbocycles. The maximum atomic E-state index is 12.4. The molecule has 114 valence electrons. The first-order valence-corrected chi connectivity index (χ1v) is 9.64. The fraction of sp³-hybridized carbons (Fsp3) is 0.600. The second-order valence-electron chi connectivity index (χ2n) is 5.25. The summed E-state index contributed by atoms with van der Waals surface area (Å²) in [5, 5.41) is 0.906. The van der Waals surface area contributed by atoms with E-state index in [-0.39, 0.29) is 0 Å². The fourth-order valence-corrected chi connectivity index (χ4v) is 4.31. The van der Waals surface area contributed by atoms with Crippen molar-refractivity contribution in [1.29, 1.82) is 0 Å². The van der Waals surface area contributed by atoms with E-state index in [2.05, 4.69) is 27.6 Å². The largest absolute Gasteiger partial charge is 0.240 e. The number of halogens is 1. The van der Waals surface area contributed by atoms with Crippen molar-refractivity contribution in [3.63, 3.8) is 0 Å². The highest BCUT2D eigenvalue weighted by molar-refractivity contribution is 9.09. The Morgan fingerprint density at radius 2 is 1.95 bits per heavy atom. The molecule has 0 heterocycles. The molecule has 3 nitrogen and oxygen atoms in total. The maximum Gasteiger partial charge on any atom is 0.240 e. The Hall–Kier alpha value is -0.390. The van der Waals surface area contributed by atoms with Crippen molar-refractivity contribution < 1.29 is 8.42 Å². The van der Waals surface area contributed by atoms with Gasteiger partial charge in [-0.2, -0.15) is 0 Å². The van der Waals surface area contributed by atoms with Crippen LogP contribution in [-0.2, 0) is 10.0 Å². The number of benzene rings is 1. The van der Waals surface area contributed by atoms with Crippen LogP contribution >= 0.6 is 15.9 Å². The summed E-state index contributed by atoms with van der Waals surface area (Å²) in [6.45, 7) is 6.43. The highest BCUT2D eigenvalue weighted by atomic mass is 79.9. The summed E-state index contributed by atoms with van der Waals surface area (Å²) in [7, 11) is -3.40. The lowest BCUT2D eigenvalue weighted by Gasteiger charge is -2.16. The van der Waals surface area contributed by atoms with Gasteiger partial charge in [-0.25, -0.2) is 13.1 Å². The topological polar surface area (TPSA) is 46.2 Å². The smallest absolute Gasteiger partial charge is 0.211 e. The van der Waals surface area contributed by atoms with Gasteiger partial charge in [-0.3, -0.25) is 0 Å². The van der Waals surface area contributed by atoms with Crippen LogP contribution in [0.4, 0.5) is 0 Å². The average molecular weight is 362 g/mol. The molecule has 0 aliphatic rings. The summed E-state index contributed by atoms with van der Waals surface area (Å²) in [6.07, 6.45) is 3.10. The summed E-state index contributed by atoms with van der Waals surface area (Å²) in [6, 6.07) is 5.42. The zero-order valence-corrected chi connectivity index (χ0v) is 14.9. The van der Waals surface area contributed by atoms with E-state index >= 15 is 0 Å². The normalized spacial score (nSPS) is 13.4. The van der Waals surface area contributed by atoms with Crippen molar-refractivity contribution >= 4 is 26.0 Å². The zero-order valence-electron chi connectivity index (χ0n) is 12.4. The van der Waals surface area contributed by atoms with E-state index in [1.807, 2.05) is 26.0 Å². The molecule has 0 aliphatic carbocycles. The molecule has 0 aromatic heterocycles. The van der Waals surface area contributed by atoms with E-state index in [4.69, 9.17) is 0 Å². The molecule has 0 aliphatic heterocycles. The third-order valence-corrected chi connectivity index (χ3v) is 5.44. The van der Waals surface area contributed by atoms with Gasteiger partial charge in [0.05, 0.1) is 4.90 Å². The van der Waals surface area contributed by atoms with E-state index in [1.165, 1.54) is 0 Å². The third-order valence-electron chi connectivity index (χ3n) is 3.40. The van der Waals surface area contributed by atoms with E-state index in [0.29, 0.717) is 17.4 Å². The summed E-state index contributed by atoms with van der Waals surface area (Å²) >= 11 is 3.43. The summed E-state index contributed by atoms with van der Waals surface area (Å²) in [4.78, 5) is 0.386. The second-order valence-corrected chi connectivity index (χ2v) is 7.78. The zero-order chi connectivity index (χ0) is 15.2. The number of aryl methyl sites for hydroxylation is 2. The van der Waals surface area contributed by atoms with Crippen LogP contribution < -0.4 is 4.72 Å². The van der Waals surface area contributed by atoms with Gasteiger partial charge < -0.3 is 0 Å². The van der Waals surface area contributed by atoms with E-state index < -0.39 is 10.0 Å². The van der Waals surface area contributed by atoms with Gasteiger partial charge in [-0.05, 0) is 44.2 Å². The SMILES string of the molecule is CCCC(CCBr)CNS(=O)(=O)c1ccc(C)cc1C. The monoisotopic (exact) mass is 361 g/mol. The van der Waals surface area contributed by atoms with E-state index in [9.17, 15) is 8.42 Å². The van der Waals surface area contributed by atoms with Gasteiger partial charge in [0.1, 0.15) is 0 Å². The number of hydrogen-bond acceptors (Lipinski definition) is 2. The highest BCUT2D eigenvalue weighted by Crippen LogP contribution is 2.18. The van der Waals surface area contributed by atoms with Crippen LogP contribution in [0.3, 0.4) is 0 Å². The summed E-state index contributed by atoms with van der Waals surface area (Å²) in [5.74, 6) is 0.389. The second kappa shape index (κ2) is 8.15. The molecule has 1 aromatic rings. The molecule has 1 rings (SSSR count). The molecule has 1 aromatic carbocycles. The minimum absolute atomic E-state index is 0.386. The van der Waals surface area contributed by atoms with Crippen molar-refractivity contribution in [2.75, 3.05) is 11.9 Å². The fourth-order valence-electron chi connectivity index (χ4n) is 2.32. The van der Waals surface area contributed by atoms with Crippen molar-refractivity contribution in [2.24, 2.45) is 5.92 Å². The quantitative estimate of drug-likeness (QED) is 0.716. The Morgan fingerprint density at radius 1 is 1.25 bits per heavy atom. The molecule has 0 bridgehead atoms. The van der Waals surface area contributed by atoms with Crippen LogP contribution in [0.15, 0.2) is 23.1 Å². The standard InChI is InChI=1S/C15H24BrNO2S/c1-4-5-14(8-9-16)11-17-20(18,19)15-7-6-12(2)10-13(15)3/h6-7,10,14,17H,4-5,8-9,11H2,1-3H3. The Morgan fingerprint density at radius 3 is 2.50 bits per heavy atom. The molecular weight excluding hydrogens is 338 g/mol. The predicted molar refractivity (Wildman–Crippen MR) is 87.9 cm³/mol. The highest BCUT2D eigenvalue weighted by Gasteiger charge is 2.18. The van der Waals surface area contributed by atoms with E-state index in [0.717, 1.165) is 35.7 Å². The van der Waals surface area contributed by atoms with Crippen molar-refractivity contribution in [3.05, 3.63) is 29.3 Å². The maximum absolute atomic E-state index is 12.4. The molecular formula is C15H24BrNO2S. The van der Waals surface area contributed by atoms with Crippen molar-refractivity contribution in [1.82, 2.24) is 4.72 Å². The molecule has 0 radical (unpaired) electrons. The first kappa shape index (κ1) is 17.7. The molecule has 20 heavy (non-hydrogen) atoms. The molecule has 0 saturated heterocycles.